The standard InChI is InChI=1S/C14H15N3O5S/c1-7(13(19)20)23-14-15-12(18)11(16-17-14)8-4-5-9(21-2)10(6-8)22-3/h4-7H,1-3H3,(H,19,20)(H,15,17,18). The Morgan fingerprint density at radius 1 is 1.26 bits per heavy atom. The van der Waals surface area contributed by atoms with Gasteiger partial charge in [-0.15, -0.1) is 10.2 Å². The van der Waals surface area contributed by atoms with E-state index < -0.39 is 16.8 Å². The molecule has 0 aliphatic carbocycles. The van der Waals surface area contributed by atoms with Crippen molar-refractivity contribution in [1.82, 2.24) is 15.2 Å². The molecule has 0 fully saturated rings. The van der Waals surface area contributed by atoms with Crippen molar-refractivity contribution in [3.63, 3.8) is 0 Å². The average Bonchev–Trinajstić information content (AvgIpc) is 2.54. The van der Waals surface area contributed by atoms with Gasteiger partial charge in [0.15, 0.2) is 22.3 Å². The number of ether oxygens (including phenoxy) is 2. The highest BCUT2D eigenvalue weighted by Gasteiger charge is 2.16. The number of carbonyl (C=O) groups is 1. The van der Waals surface area contributed by atoms with Gasteiger partial charge in [0.25, 0.3) is 5.56 Å². The molecule has 1 unspecified atom stereocenters. The first-order valence-corrected chi connectivity index (χ1v) is 7.43. The van der Waals surface area contributed by atoms with Crippen LogP contribution in [0.5, 0.6) is 11.5 Å². The Morgan fingerprint density at radius 3 is 2.52 bits per heavy atom. The fourth-order valence-electron chi connectivity index (χ4n) is 1.77. The van der Waals surface area contributed by atoms with Crippen LogP contribution in [-0.2, 0) is 4.79 Å². The van der Waals surface area contributed by atoms with Crippen LogP contribution >= 0.6 is 11.8 Å². The van der Waals surface area contributed by atoms with Crippen molar-refractivity contribution in [3.8, 4) is 22.8 Å². The number of aromatic amines is 1. The average molecular weight is 337 g/mol. The number of carboxylic acids is 1. The molecule has 23 heavy (non-hydrogen) atoms. The third kappa shape index (κ3) is 3.81. The number of H-pyrrole nitrogens is 1. The Morgan fingerprint density at radius 2 is 1.96 bits per heavy atom. The number of rotatable bonds is 6. The molecule has 0 saturated carbocycles. The maximum atomic E-state index is 12.2. The second kappa shape index (κ2) is 7.14. The van der Waals surface area contributed by atoms with E-state index in [0.29, 0.717) is 17.1 Å². The minimum Gasteiger partial charge on any atom is -0.493 e. The Balaban J connectivity index is 2.34. The van der Waals surface area contributed by atoms with E-state index in [1.165, 1.54) is 21.1 Å². The van der Waals surface area contributed by atoms with Gasteiger partial charge in [-0.25, -0.2) is 0 Å². The fraction of sp³-hybridized carbons (Fsp3) is 0.286. The number of hydrogen-bond donors (Lipinski definition) is 2. The number of carboxylic acid groups (broad SMARTS) is 1. The molecular formula is C14H15N3O5S. The predicted molar refractivity (Wildman–Crippen MR) is 84.1 cm³/mol. The maximum absolute atomic E-state index is 12.2. The van der Waals surface area contributed by atoms with Crippen molar-refractivity contribution >= 4 is 17.7 Å². The Hall–Kier alpha value is -2.55. The summed E-state index contributed by atoms with van der Waals surface area (Å²) in [7, 11) is 3.00. The molecule has 1 aromatic heterocycles. The summed E-state index contributed by atoms with van der Waals surface area (Å²) in [5, 5.41) is 16.0. The van der Waals surface area contributed by atoms with E-state index in [1.807, 2.05) is 0 Å². The van der Waals surface area contributed by atoms with Gasteiger partial charge < -0.3 is 14.6 Å². The second-order valence-electron chi connectivity index (χ2n) is 4.48. The smallest absolute Gasteiger partial charge is 0.316 e. The highest BCUT2D eigenvalue weighted by Crippen LogP contribution is 2.30. The summed E-state index contributed by atoms with van der Waals surface area (Å²) in [5.41, 5.74) is 0.157. The Kier molecular flexibility index (Phi) is 5.22. The van der Waals surface area contributed by atoms with Crippen molar-refractivity contribution < 1.29 is 19.4 Å². The third-order valence-corrected chi connectivity index (χ3v) is 3.93. The molecule has 9 heteroatoms. The summed E-state index contributed by atoms with van der Waals surface area (Å²) in [4.78, 5) is 25.5. The number of aromatic nitrogens is 3. The lowest BCUT2D eigenvalue weighted by atomic mass is 10.1. The monoisotopic (exact) mass is 337 g/mol. The zero-order valence-electron chi connectivity index (χ0n) is 12.7. The van der Waals surface area contributed by atoms with E-state index in [4.69, 9.17) is 14.6 Å². The molecule has 2 N–H and O–H groups in total. The Bertz CT molecular complexity index is 777. The van der Waals surface area contributed by atoms with Gasteiger partial charge in [-0.1, -0.05) is 11.8 Å². The molecule has 0 aliphatic rings. The molecule has 0 spiro atoms. The molecule has 122 valence electrons. The van der Waals surface area contributed by atoms with Crippen LogP contribution < -0.4 is 15.0 Å². The summed E-state index contributed by atoms with van der Waals surface area (Å²) in [6.07, 6.45) is 0. The quantitative estimate of drug-likeness (QED) is 0.761. The zero-order chi connectivity index (χ0) is 17.0. The van der Waals surface area contributed by atoms with Crippen LogP contribution in [0.2, 0.25) is 0 Å². The number of aliphatic carboxylic acids is 1. The molecule has 1 heterocycles. The van der Waals surface area contributed by atoms with E-state index >= 15 is 0 Å². The summed E-state index contributed by atoms with van der Waals surface area (Å²) < 4.78 is 10.3. The second-order valence-corrected chi connectivity index (χ2v) is 5.81. The van der Waals surface area contributed by atoms with Crippen molar-refractivity contribution in [2.75, 3.05) is 14.2 Å². The van der Waals surface area contributed by atoms with E-state index in [9.17, 15) is 9.59 Å². The van der Waals surface area contributed by atoms with Crippen LogP contribution in [0.4, 0.5) is 0 Å². The third-order valence-electron chi connectivity index (χ3n) is 2.97. The SMILES string of the molecule is COc1ccc(-c2nnc(SC(C)C(=O)O)[nH]c2=O)cc1OC. The molecule has 0 aliphatic heterocycles. The molecule has 0 radical (unpaired) electrons. The van der Waals surface area contributed by atoms with Gasteiger partial charge in [-0.2, -0.15) is 0 Å². The normalized spacial score (nSPS) is 11.8. The lowest BCUT2D eigenvalue weighted by Gasteiger charge is -2.09. The summed E-state index contributed by atoms with van der Waals surface area (Å²) in [6, 6.07) is 4.93. The molecule has 1 atom stereocenters. The highest BCUT2D eigenvalue weighted by molar-refractivity contribution is 8.00. The minimum absolute atomic E-state index is 0.110. The largest absolute Gasteiger partial charge is 0.493 e. The van der Waals surface area contributed by atoms with Crippen LogP contribution in [0, 0.1) is 0 Å². The van der Waals surface area contributed by atoms with E-state index in [2.05, 4.69) is 15.2 Å². The van der Waals surface area contributed by atoms with Gasteiger partial charge in [0.1, 0.15) is 5.25 Å². The van der Waals surface area contributed by atoms with Crippen molar-refractivity contribution in [3.05, 3.63) is 28.6 Å². The van der Waals surface area contributed by atoms with Crippen LogP contribution in [0.15, 0.2) is 28.2 Å². The predicted octanol–water partition coefficient (Wildman–Crippen LogP) is 1.41. The lowest BCUT2D eigenvalue weighted by Crippen LogP contribution is -2.17. The van der Waals surface area contributed by atoms with Crippen LogP contribution in [0.1, 0.15) is 6.92 Å². The number of thioether (sulfide) groups is 1. The number of nitrogens with zero attached hydrogens (tertiary/aromatic N) is 2. The first kappa shape index (κ1) is 16.8. The van der Waals surface area contributed by atoms with E-state index in [0.717, 1.165) is 11.8 Å². The lowest BCUT2D eigenvalue weighted by molar-refractivity contribution is -0.136. The molecule has 0 amide bonds. The van der Waals surface area contributed by atoms with Crippen LogP contribution in [0.25, 0.3) is 11.3 Å². The molecule has 2 aromatic rings. The number of nitrogens with one attached hydrogen (secondary N) is 1. The molecule has 2 rings (SSSR count). The Labute approximate surface area is 135 Å². The zero-order valence-corrected chi connectivity index (χ0v) is 13.5. The molecule has 8 nitrogen and oxygen atoms in total. The summed E-state index contributed by atoms with van der Waals surface area (Å²) in [5.74, 6) is -0.00568. The molecular weight excluding hydrogens is 322 g/mol. The van der Waals surface area contributed by atoms with Gasteiger partial charge in [-0.05, 0) is 25.1 Å². The van der Waals surface area contributed by atoms with Gasteiger partial charge in [0.05, 0.1) is 14.2 Å². The van der Waals surface area contributed by atoms with Gasteiger partial charge in [0.2, 0.25) is 0 Å². The van der Waals surface area contributed by atoms with E-state index in [1.54, 1.807) is 18.2 Å². The number of benzene rings is 1. The molecule has 0 saturated heterocycles. The van der Waals surface area contributed by atoms with Crippen LogP contribution in [-0.4, -0.2) is 45.7 Å². The van der Waals surface area contributed by atoms with Gasteiger partial charge >= 0.3 is 5.97 Å². The van der Waals surface area contributed by atoms with Crippen molar-refractivity contribution in [2.45, 2.75) is 17.3 Å². The maximum Gasteiger partial charge on any atom is 0.316 e. The molecule has 1 aromatic carbocycles. The minimum atomic E-state index is -0.999. The topological polar surface area (TPSA) is 114 Å². The first-order valence-electron chi connectivity index (χ1n) is 6.55. The first-order chi connectivity index (χ1) is 11.0. The van der Waals surface area contributed by atoms with E-state index in [-0.39, 0.29) is 10.9 Å². The van der Waals surface area contributed by atoms with Gasteiger partial charge in [-0.3, -0.25) is 14.6 Å². The highest BCUT2D eigenvalue weighted by atomic mass is 32.2. The number of methoxy groups -OCH3 is 2. The van der Waals surface area contributed by atoms with Crippen molar-refractivity contribution in [2.24, 2.45) is 0 Å². The molecule has 0 bridgehead atoms. The van der Waals surface area contributed by atoms with Gasteiger partial charge in [0, 0.05) is 5.56 Å². The summed E-state index contributed by atoms with van der Waals surface area (Å²) >= 11 is 0.910. The van der Waals surface area contributed by atoms with Crippen LogP contribution in [0.3, 0.4) is 0 Å². The number of hydrogen-bond acceptors (Lipinski definition) is 7. The summed E-state index contributed by atoms with van der Waals surface area (Å²) in [6.45, 7) is 1.50. The fourth-order valence-corrected chi connectivity index (χ4v) is 2.44. The van der Waals surface area contributed by atoms with Crippen molar-refractivity contribution in [1.29, 1.82) is 0 Å².